The van der Waals surface area contributed by atoms with Crippen LogP contribution in [0.4, 0.5) is 0 Å². The molecule has 232 valence electrons. The molecular formula is C34H39N3O6S. The predicted molar refractivity (Wildman–Crippen MR) is 169 cm³/mol. The van der Waals surface area contributed by atoms with Crippen molar-refractivity contribution in [2.75, 3.05) is 0 Å². The number of benzene rings is 3. The second-order valence-corrected chi connectivity index (χ2v) is 13.9. The van der Waals surface area contributed by atoms with Gasteiger partial charge in [0.1, 0.15) is 17.6 Å². The Hall–Kier alpha value is -3.86. The first kappa shape index (κ1) is 30.2. The summed E-state index contributed by atoms with van der Waals surface area (Å²) in [5, 5.41) is 20.2. The summed E-state index contributed by atoms with van der Waals surface area (Å²) >= 11 is 0. The molecule has 9 nitrogen and oxygen atoms in total. The number of ether oxygens (including phenoxy) is 1. The SMILES string of the molecule is CC[C@H]1C[C@@H](S(=O)(=O)O)[C@H]2C=C([C@@H](O)c3ccc(O)cc3)C[C@@H]3CCc4cc(ccc4[C@H]32)[C@H](N=C(N)N)Oc2ccc1cc2. The van der Waals surface area contributed by atoms with Gasteiger partial charge in [-0.3, -0.25) is 4.55 Å². The van der Waals surface area contributed by atoms with Crippen LogP contribution in [0.3, 0.4) is 0 Å². The van der Waals surface area contributed by atoms with E-state index in [0.29, 0.717) is 24.2 Å². The van der Waals surface area contributed by atoms with E-state index in [9.17, 15) is 23.2 Å². The van der Waals surface area contributed by atoms with Crippen molar-refractivity contribution in [1.82, 2.24) is 0 Å². The molecule has 3 aromatic carbocycles. The number of aromatic hydroxyl groups is 1. The van der Waals surface area contributed by atoms with E-state index >= 15 is 0 Å². The van der Waals surface area contributed by atoms with E-state index in [0.717, 1.165) is 40.7 Å². The molecule has 4 aliphatic heterocycles. The van der Waals surface area contributed by atoms with E-state index in [-0.39, 0.29) is 35.9 Å². The number of guanidine groups is 1. The van der Waals surface area contributed by atoms with E-state index in [4.69, 9.17) is 16.2 Å². The van der Waals surface area contributed by atoms with Crippen LogP contribution in [0.1, 0.15) is 84.6 Å². The Morgan fingerprint density at radius 3 is 2.41 bits per heavy atom. The summed E-state index contributed by atoms with van der Waals surface area (Å²) in [6.07, 6.45) is 3.16. The van der Waals surface area contributed by atoms with Crippen molar-refractivity contribution >= 4 is 16.1 Å². The number of aryl methyl sites for hydroxylation is 1. The summed E-state index contributed by atoms with van der Waals surface area (Å²) in [5.74, 6) is -0.307. The average molecular weight is 618 g/mol. The van der Waals surface area contributed by atoms with Gasteiger partial charge in [-0.05, 0) is 108 Å². The normalized spacial score (nSPS) is 26.9. The largest absolute Gasteiger partial charge is 0.508 e. The van der Waals surface area contributed by atoms with Crippen molar-refractivity contribution in [3.63, 3.8) is 0 Å². The lowest BCUT2D eigenvalue weighted by Crippen LogP contribution is -2.41. The number of rotatable bonds is 5. The Bertz CT molecular complexity index is 1680. The van der Waals surface area contributed by atoms with E-state index in [1.807, 2.05) is 55.5 Å². The molecule has 6 bridgehead atoms. The lowest BCUT2D eigenvalue weighted by molar-refractivity contribution is 0.183. The maximum atomic E-state index is 13.3. The molecule has 0 saturated heterocycles. The minimum Gasteiger partial charge on any atom is -0.508 e. The maximum absolute atomic E-state index is 13.3. The standard InChI is InChI=1S/C34H39N3O6S/c1-2-19-18-30(44(40,41)42)29-17-25(32(39)21-5-10-26(38)11-6-21)16-23-4-3-22-15-24(9-14-28(22)31(23)29)33(37-34(35)36)43-27-12-7-20(19)8-13-27/h5-15,17,19,23,29-33,38-39H,2-4,16,18H2,1H3,(H4,35,36,37)(H,40,41,42)/t19-,23-,29+,30+,31-,32-,33+/m0/s1. The van der Waals surface area contributed by atoms with Crippen LogP contribution >= 0.6 is 0 Å². The first-order chi connectivity index (χ1) is 21.0. The van der Waals surface area contributed by atoms with E-state index in [2.05, 4.69) is 4.99 Å². The van der Waals surface area contributed by atoms with Gasteiger partial charge in [-0.1, -0.05) is 49.4 Å². The van der Waals surface area contributed by atoms with Crippen molar-refractivity contribution in [2.24, 2.45) is 28.3 Å². The Kier molecular flexibility index (Phi) is 8.17. The number of aliphatic imine (C=N–C) groups is 1. The number of hydrogen-bond acceptors (Lipinski definition) is 6. The molecule has 0 radical (unpaired) electrons. The predicted octanol–water partition coefficient (Wildman–Crippen LogP) is 5.22. The van der Waals surface area contributed by atoms with Crippen LogP contribution in [-0.2, 0) is 16.5 Å². The van der Waals surface area contributed by atoms with Gasteiger partial charge in [-0.15, -0.1) is 0 Å². The molecule has 0 aromatic heterocycles. The lowest BCUT2D eigenvalue weighted by atomic mass is 9.62. The molecule has 7 atom stereocenters. The van der Waals surface area contributed by atoms with Crippen LogP contribution in [0.25, 0.3) is 0 Å². The van der Waals surface area contributed by atoms with Crippen LogP contribution in [0.2, 0.25) is 0 Å². The molecule has 10 heteroatoms. The molecule has 0 fully saturated rings. The van der Waals surface area contributed by atoms with Crippen molar-refractivity contribution in [2.45, 2.75) is 68.4 Å². The summed E-state index contributed by atoms with van der Waals surface area (Å²) in [6, 6.07) is 19.9. The third-order valence-corrected chi connectivity index (χ3v) is 10.9. The summed E-state index contributed by atoms with van der Waals surface area (Å²) in [6.45, 7) is 2.01. The number of phenolic OH excluding ortho intramolecular Hbond substituents is 1. The van der Waals surface area contributed by atoms with Crippen molar-refractivity contribution in [1.29, 1.82) is 0 Å². The minimum absolute atomic E-state index is 0.0498. The van der Waals surface area contributed by atoms with Crippen molar-refractivity contribution in [3.05, 3.63) is 106 Å². The number of aliphatic hydroxyl groups excluding tert-OH is 1. The Labute approximate surface area is 258 Å². The average Bonchev–Trinajstić information content (AvgIpc) is 3.00. The van der Waals surface area contributed by atoms with Gasteiger partial charge in [0.2, 0.25) is 6.23 Å². The highest BCUT2D eigenvalue weighted by atomic mass is 32.2. The van der Waals surface area contributed by atoms with Crippen LogP contribution in [-0.4, -0.2) is 34.4 Å². The fourth-order valence-corrected chi connectivity index (χ4v) is 8.65. The number of nitrogens with zero attached hydrogens (tertiary/aromatic N) is 1. The molecule has 0 saturated carbocycles. The minimum atomic E-state index is -4.51. The number of nitrogens with two attached hydrogens (primary N) is 2. The van der Waals surface area contributed by atoms with E-state index in [1.165, 1.54) is 12.1 Å². The zero-order valence-electron chi connectivity index (χ0n) is 24.6. The van der Waals surface area contributed by atoms with Gasteiger partial charge in [0.05, 0.1) is 5.25 Å². The Morgan fingerprint density at radius 2 is 1.75 bits per heavy atom. The van der Waals surface area contributed by atoms with E-state index < -0.39 is 33.6 Å². The van der Waals surface area contributed by atoms with Gasteiger partial charge in [0, 0.05) is 11.5 Å². The molecule has 6 aliphatic rings. The number of phenols is 1. The first-order valence-corrected chi connectivity index (χ1v) is 16.6. The quantitative estimate of drug-likeness (QED) is 0.112. The molecule has 44 heavy (non-hydrogen) atoms. The van der Waals surface area contributed by atoms with Crippen molar-refractivity contribution in [3.8, 4) is 11.5 Å². The zero-order chi connectivity index (χ0) is 31.2. The number of allylic oxidation sites excluding steroid dienone is 1. The third kappa shape index (κ3) is 5.94. The van der Waals surface area contributed by atoms with Crippen molar-refractivity contribution < 1.29 is 27.9 Å². The molecule has 2 aliphatic carbocycles. The van der Waals surface area contributed by atoms with Crippen LogP contribution < -0.4 is 16.2 Å². The molecule has 7 N–H and O–H groups in total. The Balaban J connectivity index is 1.54. The molecule has 3 aromatic rings. The third-order valence-electron chi connectivity index (χ3n) is 9.67. The molecule has 0 amide bonds. The first-order valence-electron chi connectivity index (χ1n) is 15.1. The second kappa shape index (κ2) is 11.9. The Morgan fingerprint density at radius 1 is 1.05 bits per heavy atom. The maximum Gasteiger partial charge on any atom is 0.268 e. The van der Waals surface area contributed by atoms with Crippen LogP contribution in [0, 0.1) is 11.8 Å². The highest BCUT2D eigenvalue weighted by Crippen LogP contribution is 2.53. The highest BCUT2D eigenvalue weighted by molar-refractivity contribution is 7.86. The molecule has 9 rings (SSSR count). The number of aliphatic hydroxyl groups is 1. The molecule has 0 spiro atoms. The van der Waals surface area contributed by atoms with Gasteiger partial charge in [-0.25, -0.2) is 4.99 Å². The topological polar surface area (TPSA) is 168 Å². The van der Waals surface area contributed by atoms with Gasteiger partial charge >= 0.3 is 0 Å². The van der Waals surface area contributed by atoms with Gasteiger partial charge in [0.15, 0.2) is 5.96 Å². The molecular weight excluding hydrogens is 578 g/mol. The summed E-state index contributed by atoms with van der Waals surface area (Å²) < 4.78 is 43.7. The summed E-state index contributed by atoms with van der Waals surface area (Å²) in [7, 11) is -4.51. The second-order valence-electron chi connectivity index (χ2n) is 12.3. The molecule has 4 heterocycles. The lowest BCUT2D eigenvalue weighted by Gasteiger charge is -2.45. The fourth-order valence-electron chi connectivity index (χ4n) is 7.53. The smallest absolute Gasteiger partial charge is 0.268 e. The molecule has 0 unspecified atom stereocenters. The summed E-state index contributed by atoms with van der Waals surface area (Å²) in [5.41, 5.74) is 16.7. The number of hydrogen-bond donors (Lipinski definition) is 5. The summed E-state index contributed by atoms with van der Waals surface area (Å²) in [4.78, 5) is 4.37. The van der Waals surface area contributed by atoms with Gasteiger partial charge < -0.3 is 26.4 Å². The monoisotopic (exact) mass is 617 g/mol. The fraction of sp³-hybridized carbons (Fsp3) is 0.382. The van der Waals surface area contributed by atoms with Crippen LogP contribution in [0.15, 0.2) is 83.4 Å². The zero-order valence-corrected chi connectivity index (χ0v) is 25.4. The van der Waals surface area contributed by atoms with Gasteiger partial charge in [-0.2, -0.15) is 8.42 Å². The van der Waals surface area contributed by atoms with Crippen LogP contribution in [0.5, 0.6) is 11.5 Å². The van der Waals surface area contributed by atoms with Gasteiger partial charge in [0.25, 0.3) is 10.1 Å². The van der Waals surface area contributed by atoms with E-state index in [1.54, 1.807) is 12.1 Å². The highest BCUT2D eigenvalue weighted by Gasteiger charge is 2.46.